The van der Waals surface area contributed by atoms with Crippen LogP contribution in [0.15, 0.2) is 111 Å². The lowest BCUT2D eigenvalue weighted by Gasteiger charge is -2.31. The van der Waals surface area contributed by atoms with E-state index in [1.807, 2.05) is 103 Å². The van der Waals surface area contributed by atoms with E-state index in [4.69, 9.17) is 14.2 Å². The number of carbonyl (C=O) groups excluding carboxylic acids is 15. The smallest absolute Gasteiger partial charge is 0.410 e. The van der Waals surface area contributed by atoms with Gasteiger partial charge in [-0.05, 0) is 159 Å². The Balaban J connectivity index is 0.000000158. The van der Waals surface area contributed by atoms with Crippen LogP contribution in [0.25, 0.3) is 18.2 Å². The van der Waals surface area contributed by atoms with Crippen molar-refractivity contribution in [3.05, 3.63) is 161 Å². The Kier molecular flexibility index (Phi) is 31.7. The molecule has 9 fully saturated rings. The van der Waals surface area contributed by atoms with E-state index in [2.05, 4.69) is 61.1 Å². The fourth-order valence-corrected chi connectivity index (χ4v) is 24.9. The van der Waals surface area contributed by atoms with Crippen LogP contribution in [-0.2, 0) is 141 Å². The molecule has 15 amide bonds. The summed E-state index contributed by atoms with van der Waals surface area (Å²) in [6.07, 6.45) is 12.3. The maximum Gasteiger partial charge on any atom is 0.410 e. The Bertz CT molecular complexity index is 6260. The van der Waals surface area contributed by atoms with Crippen LogP contribution in [0.2, 0.25) is 0 Å². The molecule has 45 heteroatoms. The highest BCUT2D eigenvalue weighted by atomic mass is 32.2. The maximum absolute atomic E-state index is 14.2. The Labute approximate surface area is 850 Å². The van der Waals surface area contributed by atoms with Gasteiger partial charge in [0.25, 0.3) is 17.7 Å². The number of nitrogens with zero attached hydrogens (tertiary/aromatic N) is 6. The molecule has 0 spiro atoms. The number of benzene rings is 3. The molecule has 15 aliphatic rings. The van der Waals surface area contributed by atoms with E-state index < -0.39 is 231 Å². The van der Waals surface area contributed by atoms with Gasteiger partial charge in [0, 0.05) is 75.9 Å². The van der Waals surface area contributed by atoms with Crippen molar-refractivity contribution < 1.29 is 125 Å². The van der Waals surface area contributed by atoms with Gasteiger partial charge in [-0.25, -0.2) is 39.6 Å². The largest absolute Gasteiger partial charge is 0.444 e. The first-order valence-corrected chi connectivity index (χ1v) is 55.1. The van der Waals surface area contributed by atoms with Crippen molar-refractivity contribution in [1.29, 1.82) is 0 Å². The monoisotopic (exact) mass is 2100 g/mol. The molecule has 0 radical (unpaired) electrons. The Morgan fingerprint density at radius 2 is 0.769 bits per heavy atom. The van der Waals surface area contributed by atoms with Gasteiger partial charge in [-0.3, -0.25) is 86.4 Å². The molecule has 6 saturated carbocycles. The van der Waals surface area contributed by atoms with E-state index in [1.54, 1.807) is 23.6 Å². The summed E-state index contributed by atoms with van der Waals surface area (Å²) in [5.41, 5.74) is 3.86. The molecular formula is C102H126F3N15O24S3. The molecule has 3 aromatic carbocycles. The molecule has 9 aliphatic heterocycles. The highest BCUT2D eigenvalue weighted by molar-refractivity contribution is 7.91. The fourth-order valence-electron chi connectivity index (χ4n) is 20.8. The topological polar surface area (TPSA) is 514 Å². The zero-order valence-corrected chi connectivity index (χ0v) is 84.6. The van der Waals surface area contributed by atoms with Gasteiger partial charge in [-0.1, -0.05) is 143 Å². The van der Waals surface area contributed by atoms with Crippen LogP contribution in [0.1, 0.15) is 231 Å². The number of ether oxygens (including phenoxy) is 3. The summed E-state index contributed by atoms with van der Waals surface area (Å²) in [6.45, 7) is 17.9. The molecule has 9 N–H and O–H groups in total. The number of allylic oxidation sites excluding steroid dienone is 3. The fraction of sp³-hybridized carbons (Fsp3) is 0.559. The van der Waals surface area contributed by atoms with Gasteiger partial charge in [0.05, 0.1) is 61.4 Å². The standard InChI is InChI=1S/C35H45N5O8S.C34H43N5O8S.C33H38F3N5O8S/c1-3-5-13-28-32(43)40-20-25(17-29(40)31(42)37-35(18-24(35)4-2)33(44)38-49(46,47)26-15-16-26)48-34(45)39-19-23-12-9-11-22(27(23)21-39)10-7-6-8-14-30(41)36-28;1-4-23-16-34(23,32(43)37-48(45,46)25-13-14-25)36-30(41)27-15-24-18-39(27)31(42)29(20(2)3)35-28(40)12-7-5-6-9-21-10-8-11-22-17-38(19-26(21)22)33(44)47-24;1-2-21-14-32(21,30(45)39-50(47,48)23-11-12-23)38-28(43)26-13-22-17-41(26)29(44)25(15-33(34,35)36)37-27(42)10-5-3-4-7-19-8-6-9-20-16-40(18-24(19)20)31(46)49-22/h4,7,9-12,24-26,28-29H,2-3,5-6,8,13-21H2,1H3,(H,36,41)(H,37,42)(H,38,44);4,6,8-11,20,23-25,27,29H,1,5,7,12-19H2,2-3H3,(H,35,40)(H,36,41)(H,37,43);2,4,6-9,21-23,25-26H,1,3,5,10-18H2,(H,37,42)(H,38,43)(H,39,45)/b10-7+;9-6+;7-4+/t24-,25-,28+,29+,35-;23-,24-,27+,29+,34-;21-,22-,25+,26+,32-/m111/s1. The lowest BCUT2D eigenvalue weighted by atomic mass is 10.0. The molecular weight excluding hydrogens is 1970 g/mol. The van der Waals surface area contributed by atoms with Gasteiger partial charge in [0.1, 0.15) is 71.2 Å². The Hall–Kier alpha value is -12.8. The molecule has 0 unspecified atom stereocenters. The molecule has 12 bridgehead atoms. The number of rotatable bonds is 23. The van der Waals surface area contributed by atoms with Crippen molar-refractivity contribution in [2.24, 2.45) is 23.7 Å². The zero-order valence-electron chi connectivity index (χ0n) is 82.1. The third-order valence-corrected chi connectivity index (χ3v) is 35.4. The van der Waals surface area contributed by atoms with Crippen molar-refractivity contribution in [1.82, 2.24) is 75.5 Å². The minimum absolute atomic E-state index is 0.00748. The maximum atomic E-state index is 14.2. The number of alkyl halides is 3. The molecule has 3 saturated heterocycles. The van der Waals surface area contributed by atoms with E-state index in [0.717, 1.165) is 61.4 Å². The van der Waals surface area contributed by atoms with Gasteiger partial charge < -0.3 is 60.8 Å². The van der Waals surface area contributed by atoms with Crippen molar-refractivity contribution in [2.75, 3.05) is 19.6 Å². The second-order valence-corrected chi connectivity index (χ2v) is 47.1. The van der Waals surface area contributed by atoms with Gasteiger partial charge >= 0.3 is 24.5 Å². The summed E-state index contributed by atoms with van der Waals surface area (Å²) < 4.78 is 141. The van der Waals surface area contributed by atoms with Crippen LogP contribution in [0.5, 0.6) is 0 Å². The van der Waals surface area contributed by atoms with E-state index in [9.17, 15) is 110 Å². The first kappa shape index (κ1) is 107. The molecule has 147 heavy (non-hydrogen) atoms. The second kappa shape index (κ2) is 43.5. The lowest BCUT2D eigenvalue weighted by Crippen LogP contribution is -2.59. The number of hydrogen-bond acceptors (Lipinski definition) is 24. The van der Waals surface area contributed by atoms with Gasteiger partial charge in [0.2, 0.25) is 83.2 Å². The predicted octanol–water partition coefficient (Wildman–Crippen LogP) is 7.18. The summed E-state index contributed by atoms with van der Waals surface area (Å²) in [7, 11) is -11.8. The number of nitrogens with one attached hydrogen (secondary N) is 9. The number of hydrogen-bond donors (Lipinski definition) is 9. The van der Waals surface area contributed by atoms with Crippen LogP contribution < -0.4 is 46.1 Å². The normalized spacial score (nSPS) is 29.4. The van der Waals surface area contributed by atoms with E-state index in [-0.39, 0.29) is 108 Å². The van der Waals surface area contributed by atoms with Crippen LogP contribution >= 0.6 is 0 Å². The second-order valence-electron chi connectivity index (χ2n) is 41.2. The Morgan fingerprint density at radius 3 is 1.07 bits per heavy atom. The number of unbranched alkanes of at least 4 members (excludes halogenated alkanes) is 1. The zero-order chi connectivity index (χ0) is 105. The molecule has 3 aromatic rings. The summed E-state index contributed by atoms with van der Waals surface area (Å²) in [4.78, 5) is 211. The summed E-state index contributed by atoms with van der Waals surface area (Å²) in [6, 6.07) is 9.60. The lowest BCUT2D eigenvalue weighted by molar-refractivity contribution is -0.157. The molecule has 6 aliphatic carbocycles. The quantitative estimate of drug-likeness (QED) is 0.0335. The van der Waals surface area contributed by atoms with Gasteiger partial charge in [0.15, 0.2) is 0 Å². The average Bonchev–Trinajstić information content (AvgIpc) is 1.58. The third kappa shape index (κ3) is 24.5. The minimum atomic E-state index is -4.88. The number of sulfonamides is 3. The number of halogens is 3. The summed E-state index contributed by atoms with van der Waals surface area (Å²) in [5, 5.41) is 13.9. The van der Waals surface area contributed by atoms with Crippen LogP contribution in [0.3, 0.4) is 0 Å². The average molecular weight is 2100 g/mol. The van der Waals surface area contributed by atoms with Crippen LogP contribution in [0, 0.1) is 23.7 Å². The predicted molar refractivity (Wildman–Crippen MR) is 525 cm³/mol. The van der Waals surface area contributed by atoms with E-state index in [0.29, 0.717) is 110 Å². The highest BCUT2D eigenvalue weighted by Gasteiger charge is 2.66. The van der Waals surface area contributed by atoms with E-state index >= 15 is 0 Å². The minimum Gasteiger partial charge on any atom is -0.444 e. The van der Waals surface area contributed by atoms with Crippen molar-refractivity contribution in [3.8, 4) is 0 Å². The van der Waals surface area contributed by atoms with Gasteiger partial charge in [-0.15, -0.1) is 19.7 Å². The number of fused-ring (bicyclic) bond motifs is 9. The molecule has 18 rings (SSSR count). The highest BCUT2D eigenvalue weighted by Crippen LogP contribution is 2.49. The summed E-state index contributed by atoms with van der Waals surface area (Å²) >= 11 is 0. The Morgan fingerprint density at radius 1 is 0.456 bits per heavy atom. The van der Waals surface area contributed by atoms with Crippen LogP contribution in [-0.4, -0.2) is 257 Å². The van der Waals surface area contributed by atoms with Gasteiger partial charge in [-0.2, -0.15) is 13.2 Å². The van der Waals surface area contributed by atoms with Crippen molar-refractivity contribution in [3.63, 3.8) is 0 Å². The SMILES string of the molecule is C=C[C@@H]1C[C@]1(NC(=O)[C@@H]1C[C@@H]2CN1C(=O)[C@H](C(C)C)NC(=O)CCC/C=C/c1cccc3c1CN(C3)C(=O)O2)C(=O)NS(=O)(=O)C1CC1.C=C[C@@H]1C[C@]1(NC(=O)[C@@H]1C[C@@H]2CN1C(=O)[C@H](CC(F)(F)F)NC(=O)CCC/C=C/c1cccc3c1CN(C3)C(=O)O2)C(=O)NS(=O)(=O)C1CC1.C=C[C@@H]1C[C@]1(NC(=O)[C@@H]1C[C@@H]2CN1C(=O)[C@H](CCCC)NC(=O)CCC/C=C/c1cccc3c1CN(C3)C(=O)O2)C(=O)NS(=O)(=O)C1CC1. The molecule has 0 aromatic heterocycles. The molecule has 9 heterocycles. The molecule has 39 nitrogen and oxygen atoms in total. The summed E-state index contributed by atoms with van der Waals surface area (Å²) in [5.74, 6) is -10.6. The van der Waals surface area contributed by atoms with Crippen molar-refractivity contribution >= 4 is 137 Å². The first-order valence-electron chi connectivity index (χ1n) is 50.4. The molecule has 15 atom stereocenters. The number of carbonyl (C=O) groups is 15. The number of amides is 15. The molecule has 792 valence electrons. The van der Waals surface area contributed by atoms with Crippen molar-refractivity contribution in [2.45, 2.75) is 314 Å². The third-order valence-electron chi connectivity index (χ3n) is 29.9. The van der Waals surface area contributed by atoms with E-state index in [1.165, 1.54) is 32.9 Å². The van der Waals surface area contributed by atoms with Crippen LogP contribution in [0.4, 0.5) is 27.6 Å². The first-order chi connectivity index (χ1) is 69.9.